The quantitative estimate of drug-likeness (QED) is 0.171. The Morgan fingerprint density at radius 2 is 1.59 bits per heavy atom. The number of hydrogen-bond donors (Lipinski definition) is 1. The molecular weight excluding hydrogens is 595 g/mol. The summed E-state index contributed by atoms with van der Waals surface area (Å²) in [4.78, 5) is 22.3. The van der Waals surface area contributed by atoms with E-state index in [-0.39, 0.29) is 26.4 Å². The van der Waals surface area contributed by atoms with Crippen LogP contribution in [0.3, 0.4) is 0 Å². The van der Waals surface area contributed by atoms with Crippen LogP contribution in [-0.4, -0.2) is 42.6 Å². The normalized spacial score (nSPS) is 11.8. The van der Waals surface area contributed by atoms with E-state index in [1.807, 2.05) is 19.2 Å². The second-order valence-electron chi connectivity index (χ2n) is 10.2. The number of aliphatic carboxylic acids is 1. The molecule has 1 unspecified atom stereocenters. The van der Waals surface area contributed by atoms with Gasteiger partial charge in [-0.15, -0.1) is 0 Å². The van der Waals surface area contributed by atoms with Gasteiger partial charge in [0.05, 0.1) is 0 Å². The monoisotopic (exact) mass is 628 g/mol. The Bertz CT molecular complexity index is 1650. The van der Waals surface area contributed by atoms with Crippen molar-refractivity contribution in [2.45, 2.75) is 38.9 Å². The third-order valence-electron chi connectivity index (χ3n) is 6.79. The van der Waals surface area contributed by atoms with E-state index < -0.39 is 5.97 Å². The molecule has 1 atom stereocenters. The van der Waals surface area contributed by atoms with Crippen LogP contribution in [-0.2, 0) is 11.2 Å². The average Bonchev–Trinajstić information content (AvgIpc) is 3.35. The Kier molecular flexibility index (Phi) is 8.99. The van der Waals surface area contributed by atoms with Crippen LogP contribution < -0.4 is 9.20 Å². The molecule has 2 aromatic heterocycles. The van der Waals surface area contributed by atoms with Crippen molar-refractivity contribution in [2.24, 2.45) is 0 Å². The SMILES string of the molecule is Cc1ccc(-c2ccc(CC([Se]c3ccc(OCC(=O)O)c(C)c3)c3sc(-c4ccc(C)cc4)nc3C)cn2)cc1. The molecule has 0 aliphatic carbocycles. The summed E-state index contributed by atoms with van der Waals surface area (Å²) in [5.41, 5.74) is 8.89. The van der Waals surface area contributed by atoms with Gasteiger partial charge in [-0.2, -0.15) is 0 Å². The molecule has 3 aromatic carbocycles. The number of ether oxygens (including phenoxy) is 1. The number of aryl methyl sites for hydroxylation is 4. The van der Waals surface area contributed by atoms with Crippen LogP contribution in [0.1, 0.15) is 37.6 Å². The molecule has 0 radical (unpaired) electrons. The van der Waals surface area contributed by atoms with Crippen LogP contribution in [0.2, 0.25) is 0 Å². The van der Waals surface area contributed by atoms with E-state index in [0.29, 0.717) is 5.75 Å². The predicted octanol–water partition coefficient (Wildman–Crippen LogP) is 6.88. The Hall–Kier alpha value is -3.77. The predicted molar refractivity (Wildman–Crippen MR) is 168 cm³/mol. The Labute approximate surface area is 251 Å². The van der Waals surface area contributed by atoms with E-state index in [2.05, 4.69) is 93.6 Å². The molecule has 7 heteroatoms. The van der Waals surface area contributed by atoms with Crippen molar-refractivity contribution in [2.75, 3.05) is 6.61 Å². The molecule has 0 aliphatic rings. The first-order chi connectivity index (χ1) is 19.7. The molecule has 1 N–H and O–H groups in total. The van der Waals surface area contributed by atoms with E-state index in [1.54, 1.807) is 11.3 Å². The van der Waals surface area contributed by atoms with Crippen molar-refractivity contribution in [3.63, 3.8) is 0 Å². The molecule has 0 saturated heterocycles. The topological polar surface area (TPSA) is 72.3 Å². The minimum atomic E-state index is -0.982. The van der Waals surface area contributed by atoms with Gasteiger partial charge in [-0.1, -0.05) is 0 Å². The van der Waals surface area contributed by atoms with Crippen LogP contribution in [0.4, 0.5) is 0 Å². The van der Waals surface area contributed by atoms with E-state index in [9.17, 15) is 4.79 Å². The van der Waals surface area contributed by atoms with Crippen LogP contribution in [0.15, 0.2) is 85.1 Å². The molecule has 0 fully saturated rings. The van der Waals surface area contributed by atoms with E-state index in [4.69, 9.17) is 19.8 Å². The summed E-state index contributed by atoms with van der Waals surface area (Å²) in [5, 5.41) is 10.0. The second-order valence-corrected chi connectivity index (χ2v) is 13.9. The standard InChI is InChI=1S/C34H32N2O3SSe/c1-21-5-10-26(11-6-21)29-15-9-25(19-35-29)18-31(41-28-14-16-30(23(3)17-28)39-20-32(37)38)33-24(4)36-34(40-33)27-12-7-22(2)8-13-27/h5-17,19,31H,18,20H2,1-4H3,(H,37,38). The number of carbonyl (C=O) groups is 1. The minimum absolute atomic E-state index is 0.0908. The van der Waals surface area contributed by atoms with Crippen molar-refractivity contribution >= 4 is 36.7 Å². The number of carboxylic acid groups (broad SMARTS) is 1. The number of pyridine rings is 1. The van der Waals surface area contributed by atoms with Gasteiger partial charge in [-0.05, 0) is 0 Å². The van der Waals surface area contributed by atoms with Crippen molar-refractivity contribution in [1.82, 2.24) is 9.97 Å². The maximum absolute atomic E-state index is 11.0. The summed E-state index contributed by atoms with van der Waals surface area (Å²) < 4.78 is 6.70. The molecule has 5 rings (SSSR count). The summed E-state index contributed by atoms with van der Waals surface area (Å²) in [6.07, 6.45) is 2.86. The van der Waals surface area contributed by atoms with Gasteiger partial charge in [0.2, 0.25) is 0 Å². The second kappa shape index (κ2) is 12.8. The first kappa shape index (κ1) is 28.7. The number of hydrogen-bond acceptors (Lipinski definition) is 5. The summed E-state index contributed by atoms with van der Waals surface area (Å²) in [6, 6.07) is 27.4. The molecule has 0 bridgehead atoms. The van der Waals surface area contributed by atoms with E-state index in [1.165, 1.54) is 26.0 Å². The number of rotatable bonds is 10. The zero-order chi connectivity index (χ0) is 28.9. The summed E-state index contributed by atoms with van der Waals surface area (Å²) in [6.45, 7) is 7.92. The molecule has 5 nitrogen and oxygen atoms in total. The van der Waals surface area contributed by atoms with Gasteiger partial charge in [0, 0.05) is 0 Å². The molecule has 2 heterocycles. The molecule has 0 saturated carbocycles. The van der Waals surface area contributed by atoms with Gasteiger partial charge in [0.25, 0.3) is 0 Å². The van der Waals surface area contributed by atoms with Crippen molar-refractivity contribution < 1.29 is 14.6 Å². The number of nitrogens with zero attached hydrogens (tertiary/aromatic N) is 2. The maximum atomic E-state index is 11.0. The molecule has 0 spiro atoms. The molecular formula is C34H32N2O3SSe. The molecule has 41 heavy (non-hydrogen) atoms. The summed E-state index contributed by atoms with van der Waals surface area (Å²) >= 11 is 1.87. The van der Waals surface area contributed by atoms with Gasteiger partial charge < -0.3 is 0 Å². The fourth-order valence-corrected chi connectivity index (χ4v) is 8.81. The molecule has 5 aromatic rings. The molecule has 0 aliphatic heterocycles. The molecule has 0 amide bonds. The van der Waals surface area contributed by atoms with Gasteiger partial charge in [0.15, 0.2) is 0 Å². The van der Waals surface area contributed by atoms with Crippen LogP contribution >= 0.6 is 11.3 Å². The fraction of sp³-hybridized carbons (Fsp3) is 0.206. The van der Waals surface area contributed by atoms with Gasteiger partial charge in [0.1, 0.15) is 0 Å². The van der Waals surface area contributed by atoms with Crippen LogP contribution in [0.25, 0.3) is 21.8 Å². The fourth-order valence-electron chi connectivity index (χ4n) is 4.53. The van der Waals surface area contributed by atoms with Gasteiger partial charge >= 0.3 is 252 Å². The Morgan fingerprint density at radius 1 is 0.902 bits per heavy atom. The third kappa shape index (κ3) is 7.30. The summed E-state index contributed by atoms with van der Waals surface area (Å²) in [5.74, 6) is -0.375. The number of aromatic nitrogens is 2. The first-order valence-corrected chi connectivity index (χ1v) is 16.1. The zero-order valence-corrected chi connectivity index (χ0v) is 26.1. The zero-order valence-electron chi connectivity index (χ0n) is 23.5. The Morgan fingerprint density at radius 3 is 2.20 bits per heavy atom. The Balaban J connectivity index is 1.44. The average molecular weight is 628 g/mol. The van der Waals surface area contributed by atoms with Crippen molar-refractivity contribution in [3.8, 4) is 27.6 Å². The van der Waals surface area contributed by atoms with Gasteiger partial charge in [-0.25, -0.2) is 0 Å². The van der Waals surface area contributed by atoms with Crippen LogP contribution in [0.5, 0.6) is 5.75 Å². The summed E-state index contributed by atoms with van der Waals surface area (Å²) in [7, 11) is 0. The van der Waals surface area contributed by atoms with Gasteiger partial charge in [-0.3, -0.25) is 0 Å². The van der Waals surface area contributed by atoms with E-state index >= 15 is 0 Å². The van der Waals surface area contributed by atoms with Crippen molar-refractivity contribution in [1.29, 1.82) is 0 Å². The number of carboxylic acids is 1. The molecule has 208 valence electrons. The van der Waals surface area contributed by atoms with E-state index in [0.717, 1.165) is 39.5 Å². The van der Waals surface area contributed by atoms with Crippen molar-refractivity contribution in [3.05, 3.63) is 118 Å². The first-order valence-electron chi connectivity index (χ1n) is 13.4. The third-order valence-corrected chi connectivity index (χ3v) is 11.0. The van der Waals surface area contributed by atoms with Crippen LogP contribution in [0, 0.1) is 27.7 Å². The number of benzene rings is 3. The number of thiazole rings is 1.